The number of likely N-dealkylation sites (tertiary alicyclic amines) is 1. The number of hydrogen-bond acceptors (Lipinski definition) is 6. The number of fused-ring (bicyclic) bond motifs is 2. The molecule has 4 aliphatic heterocycles. The summed E-state index contributed by atoms with van der Waals surface area (Å²) in [7, 11) is 0. The summed E-state index contributed by atoms with van der Waals surface area (Å²) in [6.45, 7) is 6.37. The molecule has 9 heteroatoms. The molecule has 7 rings (SSSR count). The normalized spacial score (nSPS) is 27.3. The second-order valence-electron chi connectivity index (χ2n) is 12.4. The zero-order valence-corrected chi connectivity index (χ0v) is 27.5. The van der Waals surface area contributed by atoms with Crippen LogP contribution in [0.15, 0.2) is 109 Å². The van der Waals surface area contributed by atoms with Gasteiger partial charge < -0.3 is 24.7 Å². The maximum atomic E-state index is 15.0. The topological polar surface area (TPSA) is 84.4 Å². The number of hydrogen-bond donors (Lipinski definition) is 1. The number of nitrogens with zero attached hydrogens (tertiary/aromatic N) is 4. The SMILES string of the molecule is CCN(CC)c1ccc(N2CC=C[C@]34S[C@@H]5C=CCN(c6ccccc6)C(=O)[C@@H]5[C@H]3C(=O)N([C@H](CO)c3ccccc3)C4C2=O)cc1. The van der Waals surface area contributed by atoms with Crippen molar-refractivity contribution in [1.29, 1.82) is 0 Å². The van der Waals surface area contributed by atoms with Crippen LogP contribution in [0.25, 0.3) is 0 Å². The third-order valence-electron chi connectivity index (χ3n) is 10.1. The zero-order valence-electron chi connectivity index (χ0n) is 26.7. The minimum absolute atomic E-state index is 0.122. The highest BCUT2D eigenvalue weighted by molar-refractivity contribution is 8.02. The van der Waals surface area contributed by atoms with Gasteiger partial charge in [0.2, 0.25) is 11.8 Å². The van der Waals surface area contributed by atoms with E-state index in [1.165, 1.54) is 0 Å². The van der Waals surface area contributed by atoms with E-state index in [4.69, 9.17) is 0 Å². The highest BCUT2D eigenvalue weighted by Crippen LogP contribution is 2.62. The van der Waals surface area contributed by atoms with Crippen molar-refractivity contribution in [2.75, 3.05) is 47.5 Å². The number of rotatable bonds is 8. The summed E-state index contributed by atoms with van der Waals surface area (Å²) in [5.74, 6) is -2.07. The molecule has 2 fully saturated rings. The first-order valence-electron chi connectivity index (χ1n) is 16.5. The predicted octanol–water partition coefficient (Wildman–Crippen LogP) is 5.07. The molecule has 8 nitrogen and oxygen atoms in total. The van der Waals surface area contributed by atoms with Gasteiger partial charge in [-0.25, -0.2) is 0 Å². The predicted molar refractivity (Wildman–Crippen MR) is 187 cm³/mol. The van der Waals surface area contributed by atoms with Crippen molar-refractivity contribution in [3.63, 3.8) is 0 Å². The lowest BCUT2D eigenvalue weighted by Gasteiger charge is -2.38. The van der Waals surface area contributed by atoms with Gasteiger partial charge in [-0.05, 0) is 55.8 Å². The maximum Gasteiger partial charge on any atom is 0.251 e. The Morgan fingerprint density at radius 3 is 2.09 bits per heavy atom. The number of amides is 3. The minimum Gasteiger partial charge on any atom is -0.394 e. The lowest BCUT2D eigenvalue weighted by atomic mass is 9.78. The van der Waals surface area contributed by atoms with E-state index in [1.807, 2.05) is 109 Å². The number of thioether (sulfide) groups is 1. The van der Waals surface area contributed by atoms with Gasteiger partial charge in [0.25, 0.3) is 5.91 Å². The van der Waals surface area contributed by atoms with Crippen molar-refractivity contribution in [3.05, 3.63) is 115 Å². The molecular formula is C38H40N4O4S. The van der Waals surface area contributed by atoms with Crippen LogP contribution in [-0.4, -0.2) is 76.6 Å². The highest BCUT2D eigenvalue weighted by atomic mass is 32.2. The molecule has 1 spiro atoms. The van der Waals surface area contributed by atoms with Gasteiger partial charge in [0.1, 0.15) is 6.04 Å². The Hall–Kier alpha value is -4.34. The van der Waals surface area contributed by atoms with Gasteiger partial charge >= 0.3 is 0 Å². The Kier molecular flexibility index (Phi) is 8.45. The fraction of sp³-hybridized carbons (Fsp3) is 0.342. The first kappa shape index (κ1) is 31.3. The van der Waals surface area contributed by atoms with E-state index in [-0.39, 0.29) is 29.6 Å². The molecule has 0 radical (unpaired) electrons. The summed E-state index contributed by atoms with van der Waals surface area (Å²) >= 11 is 1.55. The van der Waals surface area contributed by atoms with Gasteiger partial charge in [0.05, 0.1) is 29.2 Å². The van der Waals surface area contributed by atoms with E-state index < -0.39 is 28.7 Å². The van der Waals surface area contributed by atoms with Gasteiger partial charge in [-0.15, -0.1) is 11.8 Å². The minimum atomic E-state index is -0.999. The van der Waals surface area contributed by atoms with Crippen LogP contribution in [0.3, 0.4) is 0 Å². The number of aliphatic hydroxyl groups excluding tert-OH is 1. The lowest BCUT2D eigenvalue weighted by Crippen LogP contribution is -2.54. The van der Waals surface area contributed by atoms with Crippen molar-refractivity contribution in [1.82, 2.24) is 4.90 Å². The summed E-state index contributed by atoms with van der Waals surface area (Å²) in [4.78, 5) is 51.8. The van der Waals surface area contributed by atoms with Crippen LogP contribution >= 0.6 is 11.8 Å². The Balaban J connectivity index is 1.33. The molecule has 0 bridgehead atoms. The Morgan fingerprint density at radius 1 is 0.809 bits per heavy atom. The quantitative estimate of drug-likeness (QED) is 0.344. The van der Waals surface area contributed by atoms with E-state index in [1.54, 1.807) is 26.5 Å². The number of anilines is 3. The molecule has 1 N–H and O–H groups in total. The number of benzene rings is 3. The average Bonchev–Trinajstić information content (AvgIpc) is 3.42. The molecule has 0 saturated carbocycles. The van der Waals surface area contributed by atoms with Crippen molar-refractivity contribution < 1.29 is 19.5 Å². The smallest absolute Gasteiger partial charge is 0.251 e. The molecule has 47 heavy (non-hydrogen) atoms. The largest absolute Gasteiger partial charge is 0.394 e. The van der Waals surface area contributed by atoms with Crippen LogP contribution in [0, 0.1) is 11.8 Å². The Bertz CT molecular complexity index is 1690. The van der Waals surface area contributed by atoms with Crippen LogP contribution < -0.4 is 14.7 Å². The molecule has 0 aromatic heterocycles. The molecule has 4 heterocycles. The second kappa shape index (κ2) is 12.7. The van der Waals surface area contributed by atoms with E-state index in [2.05, 4.69) is 18.7 Å². The monoisotopic (exact) mass is 648 g/mol. The maximum absolute atomic E-state index is 15.0. The van der Waals surface area contributed by atoms with Gasteiger partial charge in [-0.3, -0.25) is 14.4 Å². The standard InChI is InChI=1S/C38H40N4O4S/c1-3-39(4-2)27-18-20-29(21-19-27)41-24-12-22-38-33(32-31(47-38)17-11-23-40(35(32)44)28-15-9-6-10-16-28)36(45)42(34(38)37(41)46)30(25-43)26-13-7-5-8-14-26/h5-22,30-34,43H,3-4,23-25H2,1-2H3/t30-,31-,32+,33+,34?,38+/m1/s1. The third kappa shape index (κ3) is 5.07. The number of para-hydroxylation sites is 1. The van der Waals surface area contributed by atoms with E-state index >= 15 is 4.79 Å². The van der Waals surface area contributed by atoms with Crippen LogP contribution in [-0.2, 0) is 14.4 Å². The van der Waals surface area contributed by atoms with Gasteiger partial charge in [0, 0.05) is 48.5 Å². The molecule has 242 valence electrons. The summed E-state index contributed by atoms with van der Waals surface area (Å²) in [6.07, 6.45) is 8.06. The Labute approximate surface area is 280 Å². The van der Waals surface area contributed by atoms with Crippen molar-refractivity contribution in [2.45, 2.75) is 35.9 Å². The van der Waals surface area contributed by atoms with Crippen LogP contribution in [0.5, 0.6) is 0 Å². The molecule has 6 atom stereocenters. The third-order valence-corrected chi connectivity index (χ3v) is 11.9. The van der Waals surface area contributed by atoms with Gasteiger partial charge in [-0.2, -0.15) is 0 Å². The average molecular weight is 649 g/mol. The number of aliphatic hydroxyl groups is 1. The van der Waals surface area contributed by atoms with Gasteiger partial charge in [0.15, 0.2) is 0 Å². The molecule has 0 aliphatic carbocycles. The van der Waals surface area contributed by atoms with Crippen molar-refractivity contribution >= 4 is 46.5 Å². The molecule has 3 aromatic carbocycles. The van der Waals surface area contributed by atoms with Gasteiger partial charge in [-0.1, -0.05) is 72.8 Å². The molecule has 1 unspecified atom stereocenters. The number of carbonyl (C=O) groups excluding carboxylic acids is 3. The zero-order chi connectivity index (χ0) is 32.7. The summed E-state index contributed by atoms with van der Waals surface area (Å²) in [5, 5.41) is 10.6. The Morgan fingerprint density at radius 2 is 1.43 bits per heavy atom. The summed E-state index contributed by atoms with van der Waals surface area (Å²) in [6, 6.07) is 25.2. The lowest BCUT2D eigenvalue weighted by molar-refractivity contribution is -0.141. The van der Waals surface area contributed by atoms with Crippen LogP contribution in [0.1, 0.15) is 25.5 Å². The summed E-state index contributed by atoms with van der Waals surface area (Å²) in [5.41, 5.74) is 3.34. The first-order valence-corrected chi connectivity index (χ1v) is 17.3. The summed E-state index contributed by atoms with van der Waals surface area (Å²) < 4.78 is -0.999. The molecular weight excluding hydrogens is 609 g/mol. The van der Waals surface area contributed by atoms with Crippen LogP contribution in [0.4, 0.5) is 17.1 Å². The van der Waals surface area contributed by atoms with E-state index in [0.29, 0.717) is 13.1 Å². The number of carbonyl (C=O) groups is 3. The molecule has 3 aromatic rings. The molecule has 2 saturated heterocycles. The second-order valence-corrected chi connectivity index (χ2v) is 13.9. The van der Waals surface area contributed by atoms with Crippen molar-refractivity contribution in [3.8, 4) is 0 Å². The molecule has 4 aliphatic rings. The van der Waals surface area contributed by atoms with E-state index in [0.717, 1.165) is 35.7 Å². The van der Waals surface area contributed by atoms with Crippen molar-refractivity contribution in [2.24, 2.45) is 11.8 Å². The first-order chi connectivity index (χ1) is 22.9. The fourth-order valence-electron chi connectivity index (χ4n) is 7.95. The molecule has 3 amide bonds. The van der Waals surface area contributed by atoms with E-state index in [9.17, 15) is 14.7 Å². The fourth-order valence-corrected chi connectivity index (χ4v) is 9.94. The van der Waals surface area contributed by atoms with Crippen LogP contribution in [0.2, 0.25) is 0 Å². The highest BCUT2D eigenvalue weighted by Gasteiger charge is 2.72.